The molecule has 0 aliphatic carbocycles. The molecule has 0 aromatic carbocycles. The Morgan fingerprint density at radius 2 is 1.79 bits per heavy atom. The zero-order valence-electron chi connectivity index (χ0n) is 6.50. The van der Waals surface area contributed by atoms with E-state index in [1.807, 2.05) is 0 Å². The van der Waals surface area contributed by atoms with Crippen molar-refractivity contribution in [1.29, 1.82) is 0 Å². The fraction of sp³-hybridized carbons (Fsp3) is 0. The van der Waals surface area contributed by atoms with Gasteiger partial charge >= 0.3 is 17.1 Å². The molecule has 1 rings (SSSR count). The summed E-state index contributed by atoms with van der Waals surface area (Å²) in [5, 5.41) is 20.6. The van der Waals surface area contributed by atoms with Crippen molar-refractivity contribution in [1.82, 2.24) is 4.98 Å². The largest absolute Gasteiger partial charge is 2.00 e. The monoisotopic (exact) mass is 244 g/mol. The normalized spacial score (nSPS) is 8.86. The Balaban J connectivity index is 0.00000169. The van der Waals surface area contributed by atoms with Crippen LogP contribution in [0.5, 0.6) is 0 Å². The van der Waals surface area contributed by atoms with Crippen LogP contribution in [0, 0.1) is 0 Å². The van der Waals surface area contributed by atoms with Gasteiger partial charge in [-0.25, -0.2) is 0 Å². The summed E-state index contributed by atoms with van der Waals surface area (Å²) in [6, 6.07) is 0.886. The molecule has 0 aliphatic heterocycles. The van der Waals surface area contributed by atoms with Gasteiger partial charge in [0.2, 0.25) is 0 Å². The average molecular weight is 245 g/mol. The number of carbonyl (C=O) groups excluding carboxylic acids is 2. The van der Waals surface area contributed by atoms with Crippen molar-refractivity contribution in [3.8, 4) is 0 Å². The molecule has 0 fully saturated rings. The molecule has 0 unspecified atom stereocenters. The molecule has 0 aliphatic rings. The minimum Gasteiger partial charge on any atom is -0.545 e. The van der Waals surface area contributed by atoms with Crippen LogP contribution in [0.1, 0.15) is 20.8 Å². The van der Waals surface area contributed by atoms with Gasteiger partial charge in [-0.15, -0.1) is 0 Å². The van der Waals surface area contributed by atoms with Crippen molar-refractivity contribution in [3.05, 3.63) is 33.7 Å². The quantitative estimate of drug-likeness (QED) is 0.561. The SMILES string of the molecule is O=C([O-])c1[nH]ccc(=O)c1C(=O)[O-].[Cu+2]. The van der Waals surface area contributed by atoms with E-state index in [0.29, 0.717) is 0 Å². The first kappa shape index (κ1) is 12.4. The molecule has 0 saturated carbocycles. The molecule has 1 radical (unpaired) electrons. The molecule has 14 heavy (non-hydrogen) atoms. The van der Waals surface area contributed by atoms with Gasteiger partial charge in [0, 0.05) is 12.3 Å². The third kappa shape index (κ3) is 2.21. The van der Waals surface area contributed by atoms with Gasteiger partial charge < -0.3 is 24.8 Å². The van der Waals surface area contributed by atoms with E-state index in [0.717, 1.165) is 12.3 Å². The first-order valence-corrected chi connectivity index (χ1v) is 3.18. The van der Waals surface area contributed by atoms with E-state index in [2.05, 4.69) is 4.98 Å². The molecule has 6 nitrogen and oxygen atoms in total. The van der Waals surface area contributed by atoms with Crippen LogP contribution >= 0.6 is 0 Å². The summed E-state index contributed by atoms with van der Waals surface area (Å²) < 4.78 is 0. The zero-order valence-corrected chi connectivity index (χ0v) is 7.44. The number of aromatic nitrogens is 1. The van der Waals surface area contributed by atoms with Crippen LogP contribution in [0.2, 0.25) is 0 Å². The van der Waals surface area contributed by atoms with Gasteiger partial charge in [-0.2, -0.15) is 0 Å². The minimum absolute atomic E-state index is 0. The summed E-state index contributed by atoms with van der Waals surface area (Å²) in [5.74, 6) is -3.61. The Kier molecular flexibility index (Phi) is 4.07. The topological polar surface area (TPSA) is 113 Å². The van der Waals surface area contributed by atoms with Gasteiger partial charge in [-0.3, -0.25) is 4.79 Å². The van der Waals surface area contributed by atoms with Crippen LogP contribution in [0.25, 0.3) is 0 Å². The molecular weight excluding hydrogens is 242 g/mol. The summed E-state index contributed by atoms with van der Waals surface area (Å²) in [5.41, 5.74) is -2.65. The smallest absolute Gasteiger partial charge is 0.545 e. The predicted octanol–water partition coefficient (Wildman–Crippen LogP) is -2.90. The number of hydrogen-bond donors (Lipinski definition) is 1. The van der Waals surface area contributed by atoms with Crippen molar-refractivity contribution in [2.24, 2.45) is 0 Å². The Labute approximate surface area is 88.0 Å². The maximum absolute atomic E-state index is 10.9. The number of carboxylic acids is 2. The first-order chi connectivity index (χ1) is 6.04. The van der Waals surface area contributed by atoms with Gasteiger partial charge in [-0.05, 0) is 0 Å². The van der Waals surface area contributed by atoms with E-state index in [-0.39, 0.29) is 17.1 Å². The Morgan fingerprint density at radius 3 is 2.14 bits per heavy atom. The third-order valence-electron chi connectivity index (χ3n) is 1.37. The van der Waals surface area contributed by atoms with Crippen molar-refractivity contribution >= 4 is 11.9 Å². The average Bonchev–Trinajstić information content (AvgIpc) is 2.02. The molecule has 0 saturated heterocycles. The zero-order chi connectivity index (χ0) is 10.0. The number of rotatable bonds is 2. The summed E-state index contributed by atoms with van der Waals surface area (Å²) in [4.78, 5) is 33.6. The fourth-order valence-corrected chi connectivity index (χ4v) is 0.843. The number of nitrogens with one attached hydrogen (secondary N) is 1. The third-order valence-corrected chi connectivity index (χ3v) is 1.37. The number of hydrogen-bond acceptors (Lipinski definition) is 5. The number of H-pyrrole nitrogens is 1. The van der Waals surface area contributed by atoms with E-state index in [9.17, 15) is 24.6 Å². The molecule has 77 valence electrons. The summed E-state index contributed by atoms with van der Waals surface area (Å²) in [7, 11) is 0. The molecule has 0 spiro atoms. The van der Waals surface area contributed by atoms with Crippen molar-refractivity contribution in [2.45, 2.75) is 0 Å². The van der Waals surface area contributed by atoms with Gasteiger partial charge in [-0.1, -0.05) is 0 Å². The molecule has 1 heterocycles. The summed E-state index contributed by atoms with van der Waals surface area (Å²) >= 11 is 0. The van der Waals surface area contributed by atoms with Crippen LogP contribution in [-0.2, 0) is 17.1 Å². The minimum atomic E-state index is -1.85. The standard InChI is InChI=1S/C7H5NO5.Cu/c9-3-1-2-8-5(7(12)13)4(3)6(10)11;/h1-2H,(H,8,9)(H,10,11)(H,12,13);/q;+2/p-2. The van der Waals surface area contributed by atoms with Crippen molar-refractivity contribution in [3.63, 3.8) is 0 Å². The maximum Gasteiger partial charge on any atom is 2.00 e. The fourth-order valence-electron chi connectivity index (χ4n) is 0.843. The Morgan fingerprint density at radius 1 is 1.21 bits per heavy atom. The second kappa shape index (κ2) is 4.59. The summed E-state index contributed by atoms with van der Waals surface area (Å²) in [6.07, 6.45) is 1.01. The molecule has 1 aromatic heterocycles. The molecule has 1 aromatic rings. The molecular formula is C7H3CuNO5. The molecule has 0 amide bonds. The Bertz CT molecular complexity index is 424. The summed E-state index contributed by atoms with van der Waals surface area (Å²) in [6.45, 7) is 0. The first-order valence-electron chi connectivity index (χ1n) is 3.18. The maximum atomic E-state index is 10.9. The number of pyridine rings is 1. The van der Waals surface area contributed by atoms with Gasteiger partial charge in [0.25, 0.3) is 0 Å². The Hall–Kier alpha value is -1.59. The van der Waals surface area contributed by atoms with Crippen LogP contribution in [-0.4, -0.2) is 16.9 Å². The van der Waals surface area contributed by atoms with Crippen molar-refractivity contribution < 1.29 is 36.9 Å². The molecule has 0 bridgehead atoms. The van der Waals surface area contributed by atoms with Crippen LogP contribution in [0.4, 0.5) is 0 Å². The van der Waals surface area contributed by atoms with E-state index < -0.39 is 28.6 Å². The number of aromatic amines is 1. The van der Waals surface area contributed by atoms with Crippen molar-refractivity contribution in [2.75, 3.05) is 0 Å². The number of aromatic carboxylic acids is 2. The van der Waals surface area contributed by atoms with Crippen LogP contribution in [0.3, 0.4) is 0 Å². The molecule has 7 heteroatoms. The number of carboxylic acid groups (broad SMARTS) is 2. The predicted molar refractivity (Wildman–Crippen MR) is 35.7 cm³/mol. The van der Waals surface area contributed by atoms with Gasteiger partial charge in [0.1, 0.15) is 0 Å². The van der Waals surface area contributed by atoms with E-state index in [4.69, 9.17) is 0 Å². The number of carbonyl (C=O) groups is 2. The van der Waals surface area contributed by atoms with E-state index >= 15 is 0 Å². The van der Waals surface area contributed by atoms with E-state index in [1.165, 1.54) is 0 Å². The molecule has 0 atom stereocenters. The van der Waals surface area contributed by atoms with E-state index in [1.54, 1.807) is 0 Å². The second-order valence-corrected chi connectivity index (χ2v) is 2.17. The second-order valence-electron chi connectivity index (χ2n) is 2.17. The van der Waals surface area contributed by atoms with Crippen LogP contribution < -0.4 is 15.6 Å². The van der Waals surface area contributed by atoms with Gasteiger partial charge in [0.15, 0.2) is 5.43 Å². The van der Waals surface area contributed by atoms with Gasteiger partial charge in [0.05, 0.1) is 23.2 Å². The van der Waals surface area contributed by atoms with Crippen LogP contribution in [0.15, 0.2) is 17.1 Å². The molecule has 1 N–H and O–H groups in total.